The fourth-order valence-electron chi connectivity index (χ4n) is 0. The molecule has 0 aromatic carbocycles. The standard InChI is InChI=1S/HNO2.6H2O.Zn/c2-1-3;;;;;;;/h1H;6*1H2;/q;;;;;;;+6/p-6. The summed E-state index contributed by atoms with van der Waals surface area (Å²) < 4.78 is 44.6. The normalized spacial score (nSPS) is 13.8. The summed E-state index contributed by atoms with van der Waals surface area (Å²) in [5.41, 5.74) is 0. The van der Waals surface area contributed by atoms with Gasteiger partial charge in [-0.25, -0.2) is 0 Å². The number of rotatable bonds is 0. The van der Waals surface area contributed by atoms with Gasteiger partial charge in [-0.3, -0.25) is 10.1 Å². The molecule has 0 saturated heterocycles. The minimum atomic E-state index is -8.38. The van der Waals surface area contributed by atoms with Gasteiger partial charge >= 0.3 is 38.2 Å². The zero-order valence-electron chi connectivity index (χ0n) is 4.71. The van der Waals surface area contributed by atoms with Gasteiger partial charge in [-0.2, -0.15) is 0 Å². The molecule has 0 radical (unpaired) electrons. The quantitative estimate of drug-likeness (QED) is 0.119. The predicted octanol–water partition coefficient (Wildman–Crippen LogP) is -5.01. The van der Waals surface area contributed by atoms with Crippen molar-refractivity contribution in [3.63, 3.8) is 0 Å². The molecule has 0 saturated carbocycles. The van der Waals surface area contributed by atoms with Crippen LogP contribution in [0.1, 0.15) is 0 Å². The van der Waals surface area contributed by atoms with E-state index in [1.165, 1.54) is 0 Å². The average molecular weight is 214 g/mol. The molecule has 9 nitrogen and oxygen atoms in total. The molecule has 0 atom stereocenters. The van der Waals surface area contributed by atoms with Crippen molar-refractivity contribution in [2.45, 2.75) is 0 Å². The van der Waals surface area contributed by atoms with Gasteiger partial charge in [0.1, 0.15) is 0 Å². The molecule has 0 amide bonds. The molecule has 0 rings (SSSR count). The first-order valence-corrected chi connectivity index (χ1v) is 10.3. The van der Waals surface area contributed by atoms with Crippen molar-refractivity contribution in [2.24, 2.45) is 0 Å². The van der Waals surface area contributed by atoms with E-state index in [4.69, 9.17) is 33.7 Å². The van der Waals surface area contributed by atoms with Crippen molar-refractivity contribution in [3.8, 4) is 0 Å². The molecule has 10 heteroatoms. The van der Waals surface area contributed by atoms with Crippen LogP contribution in [0.3, 0.4) is 0 Å². The SMILES string of the molecule is O=[NH+][O-].[OH][Zn]([OH])([OH])([OH])([OH])[OH]. The summed E-state index contributed by atoms with van der Waals surface area (Å²) in [6.07, 6.45) is 0. The zero-order valence-corrected chi connectivity index (χ0v) is 7.67. The van der Waals surface area contributed by atoms with Crippen molar-refractivity contribution >= 4 is 0 Å². The van der Waals surface area contributed by atoms with Crippen LogP contribution in [0.5, 0.6) is 0 Å². The van der Waals surface area contributed by atoms with Crippen molar-refractivity contribution < 1.29 is 43.5 Å². The van der Waals surface area contributed by atoms with E-state index in [9.17, 15) is 0 Å². The van der Waals surface area contributed by atoms with E-state index in [-0.39, 0.29) is 5.34 Å². The van der Waals surface area contributed by atoms with E-state index in [1.807, 2.05) is 0 Å². The average Bonchev–Trinajstić information content (AvgIpc) is 1.20. The monoisotopic (exact) mass is 213 g/mol. The Bertz CT molecular complexity index is 98.7. The summed E-state index contributed by atoms with van der Waals surface area (Å²) >= 11 is -8.38. The number of nitrogens with one attached hydrogen (secondary N) is 1. The molecule has 62 valence electrons. The Balaban J connectivity index is 0. The first-order chi connectivity index (χ1) is 3.86. The third kappa shape index (κ3) is 7630. The molecule has 0 fully saturated rings. The van der Waals surface area contributed by atoms with Crippen LogP contribution in [0, 0.1) is 10.1 Å². The van der Waals surface area contributed by atoms with E-state index < -0.39 is 14.6 Å². The van der Waals surface area contributed by atoms with Crippen molar-refractivity contribution in [2.75, 3.05) is 0 Å². The van der Waals surface area contributed by atoms with Crippen LogP contribution in [0.15, 0.2) is 0 Å². The van der Waals surface area contributed by atoms with Crippen molar-refractivity contribution in [1.82, 2.24) is 0 Å². The Morgan fingerprint density at radius 1 is 1.00 bits per heavy atom. The van der Waals surface area contributed by atoms with Crippen LogP contribution >= 0.6 is 0 Å². The Kier molecular flexibility index (Phi) is 2.66. The molecule has 0 aromatic heterocycles. The molecule has 0 spiro atoms. The number of hydrogen-bond donors (Lipinski definition) is 7. The van der Waals surface area contributed by atoms with Gasteiger partial charge < -0.3 is 0 Å². The molecule has 0 aliphatic heterocycles. The van der Waals surface area contributed by atoms with Crippen LogP contribution in [-0.4, -0.2) is 23.6 Å². The van der Waals surface area contributed by atoms with Crippen molar-refractivity contribution in [3.05, 3.63) is 10.1 Å². The predicted molar refractivity (Wildman–Crippen MR) is 21.0 cm³/mol. The van der Waals surface area contributed by atoms with Crippen LogP contribution in [-0.2, 0) is 14.6 Å². The van der Waals surface area contributed by atoms with Gasteiger partial charge in [-0.1, -0.05) is 0 Å². The van der Waals surface area contributed by atoms with Gasteiger partial charge in [0.2, 0.25) is 0 Å². The van der Waals surface area contributed by atoms with E-state index in [0.717, 1.165) is 0 Å². The van der Waals surface area contributed by atoms with E-state index >= 15 is 0 Å². The van der Waals surface area contributed by atoms with E-state index in [0.29, 0.717) is 0 Å². The second-order valence-corrected chi connectivity index (χ2v) is 11.1. The zero-order chi connectivity index (χ0) is 9.12. The minimum absolute atomic E-state index is 0.250. The molecule has 7 N–H and O–H groups in total. The van der Waals surface area contributed by atoms with Gasteiger partial charge in [-0.15, -0.1) is 0 Å². The molecule has 0 aliphatic carbocycles. The third-order valence-corrected chi connectivity index (χ3v) is 0. The van der Waals surface area contributed by atoms with Gasteiger partial charge in [0.05, 0.1) is 0 Å². The maximum atomic E-state index is 8.12. The Labute approximate surface area is 54.4 Å². The van der Waals surface area contributed by atoms with Crippen LogP contribution in [0.4, 0.5) is 0 Å². The molecule has 0 bridgehead atoms. The van der Waals surface area contributed by atoms with Gasteiger partial charge in [0, 0.05) is 5.34 Å². The summed E-state index contributed by atoms with van der Waals surface area (Å²) in [5.74, 6) is 0. The summed E-state index contributed by atoms with van der Waals surface area (Å²) in [6, 6.07) is 0. The molecule has 0 aliphatic rings. The molecular formula is H7NO8Zn. The summed E-state index contributed by atoms with van der Waals surface area (Å²) in [7, 11) is 0. The Hall–Kier alpha value is -0.217. The Morgan fingerprint density at radius 2 is 1.00 bits per heavy atom. The molecule has 0 aromatic rings. The fraction of sp³-hybridized carbons (Fsp3) is 0. The Morgan fingerprint density at radius 3 is 1.00 bits per heavy atom. The van der Waals surface area contributed by atoms with Crippen molar-refractivity contribution in [1.29, 1.82) is 0 Å². The second-order valence-electron chi connectivity index (χ2n) is 2.20. The van der Waals surface area contributed by atoms with Crippen LogP contribution in [0.2, 0.25) is 0 Å². The first-order valence-electron chi connectivity index (χ1n) is 2.31. The first kappa shape index (κ1) is 12.5. The molecule has 10 heavy (non-hydrogen) atoms. The maximum absolute atomic E-state index is 8.38. The van der Waals surface area contributed by atoms with Crippen LogP contribution in [0.25, 0.3) is 0 Å². The molecule has 0 heterocycles. The second kappa shape index (κ2) is 2.14. The van der Waals surface area contributed by atoms with Gasteiger partial charge in [-0.05, 0) is 0 Å². The summed E-state index contributed by atoms with van der Waals surface area (Å²) in [6.45, 7) is 0. The topological polar surface area (TPSA) is 175 Å². The third-order valence-electron chi connectivity index (χ3n) is 0. The van der Waals surface area contributed by atoms with E-state index in [1.54, 1.807) is 0 Å². The van der Waals surface area contributed by atoms with Gasteiger partial charge in [0.25, 0.3) is 0 Å². The van der Waals surface area contributed by atoms with Gasteiger partial charge in [0.15, 0.2) is 0 Å². The summed E-state index contributed by atoms with van der Waals surface area (Å²) in [5, 5.41) is 8.38. The van der Waals surface area contributed by atoms with Crippen LogP contribution < -0.4 is 5.34 Å². The molecular weight excluding hydrogens is 207 g/mol. The number of hydrogen-bond acceptors (Lipinski definition) is 8. The van der Waals surface area contributed by atoms with E-state index in [2.05, 4.69) is 0 Å². The fourth-order valence-corrected chi connectivity index (χ4v) is 0. The summed E-state index contributed by atoms with van der Waals surface area (Å²) in [4.78, 5) is 8.12. The molecule has 0 unspecified atom stereocenters.